The first-order valence-electron chi connectivity index (χ1n) is 7.32. The molecule has 0 saturated carbocycles. The zero-order valence-electron chi connectivity index (χ0n) is 12.6. The Balaban J connectivity index is 2.16. The summed E-state index contributed by atoms with van der Waals surface area (Å²) in [6.45, 7) is 5.45. The summed E-state index contributed by atoms with van der Waals surface area (Å²) in [6, 6.07) is 4.22. The maximum absolute atomic E-state index is 14.4. The molecule has 0 atom stereocenters. The van der Waals surface area contributed by atoms with E-state index in [1.54, 1.807) is 10.7 Å². The molecule has 0 aliphatic carbocycles. The number of primary amides is 1. The third-order valence-corrected chi connectivity index (χ3v) is 3.78. The van der Waals surface area contributed by atoms with Gasteiger partial charge >= 0.3 is 0 Å². The number of hydrogen-bond acceptors (Lipinski definition) is 3. The van der Waals surface area contributed by atoms with Gasteiger partial charge in [-0.2, -0.15) is 5.10 Å². The fourth-order valence-corrected chi connectivity index (χ4v) is 2.73. The minimum Gasteiger partial charge on any atom is -0.478 e. The van der Waals surface area contributed by atoms with E-state index in [9.17, 15) is 9.18 Å². The highest BCUT2D eigenvalue weighted by molar-refractivity contribution is 5.93. The third-order valence-electron chi connectivity index (χ3n) is 3.78. The third kappa shape index (κ3) is 2.34. The van der Waals surface area contributed by atoms with Crippen molar-refractivity contribution >= 4 is 5.91 Å². The summed E-state index contributed by atoms with van der Waals surface area (Å²) in [5.41, 5.74) is 7.15. The van der Waals surface area contributed by atoms with Crippen molar-refractivity contribution in [3.05, 3.63) is 35.1 Å². The Labute approximate surface area is 127 Å². The predicted octanol–water partition coefficient (Wildman–Crippen LogP) is 2.69. The second-order valence-corrected chi connectivity index (χ2v) is 5.71. The molecule has 0 bridgehead atoms. The maximum Gasteiger partial charge on any atom is 0.248 e. The number of carbonyl (C=O) groups is 1. The van der Waals surface area contributed by atoms with Crippen LogP contribution in [0.1, 0.15) is 42.1 Å². The first kappa shape index (κ1) is 14.6. The molecule has 2 N–H and O–H groups in total. The smallest absolute Gasteiger partial charge is 0.248 e. The molecule has 1 aromatic heterocycles. The predicted molar refractivity (Wildman–Crippen MR) is 80.3 cm³/mol. The Kier molecular flexibility index (Phi) is 3.60. The Morgan fingerprint density at radius 1 is 1.45 bits per heavy atom. The summed E-state index contributed by atoms with van der Waals surface area (Å²) in [5.74, 6) is -0.294. The van der Waals surface area contributed by atoms with Gasteiger partial charge in [0, 0.05) is 29.7 Å². The largest absolute Gasteiger partial charge is 0.478 e. The van der Waals surface area contributed by atoms with Crippen LogP contribution in [0.3, 0.4) is 0 Å². The van der Waals surface area contributed by atoms with E-state index in [2.05, 4.69) is 5.10 Å². The number of rotatable bonds is 3. The van der Waals surface area contributed by atoms with Crippen LogP contribution in [-0.4, -0.2) is 22.3 Å². The van der Waals surface area contributed by atoms with Crippen LogP contribution in [0.2, 0.25) is 0 Å². The molecule has 2 aromatic rings. The molecule has 0 saturated heterocycles. The number of carbonyl (C=O) groups excluding carboxylic acids is 1. The standard InChI is InChI=1S/C16H18FN3O2/c1-9(2)13-14(19-20-6-3-7-22-16(13)20)11-5-4-10(15(18)21)8-12(11)17/h4-5,8-9H,3,6-7H2,1-2H3,(H2,18,21). The second-order valence-electron chi connectivity index (χ2n) is 5.71. The normalized spacial score (nSPS) is 13.8. The van der Waals surface area contributed by atoms with Crippen LogP contribution in [0.25, 0.3) is 11.3 Å². The number of hydrogen-bond donors (Lipinski definition) is 1. The molecular weight excluding hydrogens is 285 g/mol. The molecule has 22 heavy (non-hydrogen) atoms. The summed E-state index contributed by atoms with van der Waals surface area (Å²) in [7, 11) is 0. The van der Waals surface area contributed by atoms with Gasteiger partial charge in [-0.05, 0) is 24.1 Å². The lowest BCUT2D eigenvalue weighted by Gasteiger charge is -2.17. The number of ether oxygens (including phenoxy) is 1. The Morgan fingerprint density at radius 3 is 2.86 bits per heavy atom. The Bertz CT molecular complexity index is 737. The molecule has 3 rings (SSSR count). The van der Waals surface area contributed by atoms with Gasteiger partial charge in [-0.3, -0.25) is 4.79 Å². The average Bonchev–Trinajstić information content (AvgIpc) is 2.86. The lowest BCUT2D eigenvalue weighted by molar-refractivity contribution is 0.1000. The Hall–Kier alpha value is -2.37. The van der Waals surface area contributed by atoms with E-state index in [0.717, 1.165) is 30.5 Å². The van der Waals surface area contributed by atoms with Gasteiger partial charge in [0.05, 0.1) is 6.61 Å². The van der Waals surface area contributed by atoms with Gasteiger partial charge in [0.15, 0.2) is 0 Å². The molecule has 1 aromatic carbocycles. The lowest BCUT2D eigenvalue weighted by atomic mass is 9.98. The van der Waals surface area contributed by atoms with Gasteiger partial charge in [0.25, 0.3) is 0 Å². The highest BCUT2D eigenvalue weighted by atomic mass is 19.1. The van der Waals surface area contributed by atoms with Crippen LogP contribution in [0.5, 0.6) is 5.88 Å². The van der Waals surface area contributed by atoms with E-state index < -0.39 is 11.7 Å². The minimum absolute atomic E-state index is 0.145. The molecule has 6 heteroatoms. The first-order chi connectivity index (χ1) is 10.5. The number of benzene rings is 1. The minimum atomic E-state index is -0.651. The van der Waals surface area contributed by atoms with Crippen molar-refractivity contribution in [3.63, 3.8) is 0 Å². The molecule has 0 spiro atoms. The van der Waals surface area contributed by atoms with Crippen LogP contribution < -0.4 is 10.5 Å². The molecule has 2 heterocycles. The summed E-state index contributed by atoms with van der Waals surface area (Å²) < 4.78 is 21.9. The van der Waals surface area contributed by atoms with Crippen LogP contribution in [-0.2, 0) is 6.54 Å². The highest BCUT2D eigenvalue weighted by Crippen LogP contribution is 2.38. The number of halogens is 1. The number of nitrogens with zero attached hydrogens (tertiary/aromatic N) is 2. The van der Waals surface area contributed by atoms with Gasteiger partial charge in [0.1, 0.15) is 11.5 Å². The zero-order valence-corrected chi connectivity index (χ0v) is 12.6. The molecule has 0 radical (unpaired) electrons. The van der Waals surface area contributed by atoms with E-state index in [1.165, 1.54) is 6.07 Å². The van der Waals surface area contributed by atoms with Crippen LogP contribution in [0.15, 0.2) is 18.2 Å². The molecule has 5 nitrogen and oxygen atoms in total. The molecule has 1 aliphatic heterocycles. The Morgan fingerprint density at radius 2 is 2.23 bits per heavy atom. The highest BCUT2D eigenvalue weighted by Gasteiger charge is 2.26. The fourth-order valence-electron chi connectivity index (χ4n) is 2.73. The molecule has 116 valence electrons. The SMILES string of the molecule is CC(C)c1c(-c2ccc(C(N)=O)cc2F)nn2c1OCCC2. The molecular formula is C16H18FN3O2. The van der Waals surface area contributed by atoms with Gasteiger partial charge in [-0.15, -0.1) is 0 Å². The average molecular weight is 303 g/mol. The zero-order chi connectivity index (χ0) is 15.9. The van der Waals surface area contributed by atoms with E-state index >= 15 is 0 Å². The first-order valence-corrected chi connectivity index (χ1v) is 7.32. The summed E-state index contributed by atoms with van der Waals surface area (Å²) in [5, 5.41) is 4.51. The number of amides is 1. The fraction of sp³-hybridized carbons (Fsp3) is 0.375. The van der Waals surface area contributed by atoms with Crippen molar-refractivity contribution in [2.75, 3.05) is 6.61 Å². The van der Waals surface area contributed by atoms with Crippen molar-refractivity contribution in [1.29, 1.82) is 0 Å². The molecule has 1 amide bonds. The van der Waals surface area contributed by atoms with Crippen molar-refractivity contribution in [2.24, 2.45) is 5.73 Å². The topological polar surface area (TPSA) is 70.1 Å². The van der Waals surface area contributed by atoms with Gasteiger partial charge in [-0.1, -0.05) is 13.8 Å². The van der Waals surface area contributed by atoms with Crippen molar-refractivity contribution in [3.8, 4) is 17.1 Å². The van der Waals surface area contributed by atoms with Crippen LogP contribution in [0.4, 0.5) is 4.39 Å². The number of nitrogens with two attached hydrogens (primary N) is 1. The van der Waals surface area contributed by atoms with E-state index in [1.807, 2.05) is 13.8 Å². The second kappa shape index (κ2) is 5.44. The van der Waals surface area contributed by atoms with Crippen molar-refractivity contribution in [2.45, 2.75) is 32.7 Å². The number of aromatic nitrogens is 2. The summed E-state index contributed by atoms with van der Waals surface area (Å²) >= 11 is 0. The van der Waals surface area contributed by atoms with Crippen LogP contribution >= 0.6 is 0 Å². The summed E-state index contributed by atoms with van der Waals surface area (Å²) in [6.07, 6.45) is 0.884. The molecule has 1 aliphatic rings. The van der Waals surface area contributed by atoms with Crippen molar-refractivity contribution < 1.29 is 13.9 Å². The van der Waals surface area contributed by atoms with Gasteiger partial charge in [0.2, 0.25) is 11.8 Å². The van der Waals surface area contributed by atoms with E-state index in [4.69, 9.17) is 10.5 Å². The van der Waals surface area contributed by atoms with E-state index in [-0.39, 0.29) is 11.5 Å². The number of aryl methyl sites for hydroxylation is 1. The number of fused-ring (bicyclic) bond motifs is 1. The quantitative estimate of drug-likeness (QED) is 0.947. The summed E-state index contributed by atoms with van der Waals surface area (Å²) in [4.78, 5) is 11.2. The van der Waals surface area contributed by atoms with E-state index in [0.29, 0.717) is 17.9 Å². The van der Waals surface area contributed by atoms with Gasteiger partial charge in [-0.25, -0.2) is 9.07 Å². The lowest BCUT2D eigenvalue weighted by Crippen LogP contribution is -2.15. The maximum atomic E-state index is 14.4. The van der Waals surface area contributed by atoms with Crippen LogP contribution in [0, 0.1) is 5.82 Å². The monoisotopic (exact) mass is 303 g/mol. The van der Waals surface area contributed by atoms with Crippen molar-refractivity contribution in [1.82, 2.24) is 9.78 Å². The molecule has 0 fully saturated rings. The molecule has 0 unspecified atom stereocenters. The van der Waals surface area contributed by atoms with Gasteiger partial charge < -0.3 is 10.5 Å².